The van der Waals surface area contributed by atoms with Crippen molar-refractivity contribution in [1.82, 2.24) is 4.90 Å². The van der Waals surface area contributed by atoms with Crippen LogP contribution < -0.4 is 0 Å². The van der Waals surface area contributed by atoms with E-state index in [9.17, 15) is 8.78 Å². The number of fused-ring (bicyclic) bond motifs is 1. The van der Waals surface area contributed by atoms with Gasteiger partial charge in [0.15, 0.2) is 0 Å². The monoisotopic (exact) mass is 445 g/mol. The first-order valence-electron chi connectivity index (χ1n) is 11.7. The molecule has 4 rings (SSSR count). The number of rotatable bonds is 11. The first kappa shape index (κ1) is 23.3. The predicted molar refractivity (Wildman–Crippen MR) is 119 cm³/mol. The molecule has 0 saturated carbocycles. The summed E-state index contributed by atoms with van der Waals surface area (Å²) < 4.78 is 45.5. The van der Waals surface area contributed by atoms with Crippen LogP contribution in [0.25, 0.3) is 0 Å². The highest BCUT2D eigenvalue weighted by molar-refractivity contribution is 5.25. The van der Waals surface area contributed by atoms with Crippen molar-refractivity contribution in [3.05, 3.63) is 71.3 Å². The van der Waals surface area contributed by atoms with E-state index < -0.39 is 5.54 Å². The Balaban J connectivity index is 1.46. The highest BCUT2D eigenvalue weighted by Crippen LogP contribution is 2.49. The van der Waals surface area contributed by atoms with Crippen molar-refractivity contribution in [2.24, 2.45) is 0 Å². The summed E-state index contributed by atoms with van der Waals surface area (Å²) in [5.74, 6) is -0.568. The smallest absolute Gasteiger partial charge is 0.139 e. The van der Waals surface area contributed by atoms with Gasteiger partial charge in [0.05, 0.1) is 25.4 Å². The molecule has 1 unspecified atom stereocenters. The van der Waals surface area contributed by atoms with Gasteiger partial charge in [0, 0.05) is 6.61 Å². The molecule has 6 heteroatoms. The molecule has 0 N–H and O–H groups in total. The van der Waals surface area contributed by atoms with Crippen molar-refractivity contribution in [1.29, 1.82) is 0 Å². The summed E-state index contributed by atoms with van der Waals surface area (Å²) in [6.45, 7) is 4.36. The fourth-order valence-electron chi connectivity index (χ4n) is 4.61. The lowest BCUT2D eigenvalue weighted by Gasteiger charge is -2.34. The van der Waals surface area contributed by atoms with E-state index in [1.807, 2.05) is 0 Å². The van der Waals surface area contributed by atoms with Crippen molar-refractivity contribution >= 4 is 0 Å². The number of unbranched alkanes of at least 4 members (excludes halogenated alkanes) is 5. The van der Waals surface area contributed by atoms with Crippen LogP contribution in [0.1, 0.15) is 69.0 Å². The maximum absolute atomic E-state index is 13.5. The minimum absolute atomic E-state index is 0.284. The first-order valence-corrected chi connectivity index (χ1v) is 11.7. The Hall–Kier alpha value is -1.86. The third-order valence-electron chi connectivity index (χ3n) is 6.40. The molecule has 3 atom stereocenters. The van der Waals surface area contributed by atoms with Gasteiger partial charge in [-0.2, -0.15) is 0 Å². The Kier molecular flexibility index (Phi) is 7.89. The van der Waals surface area contributed by atoms with E-state index in [0.29, 0.717) is 26.4 Å². The van der Waals surface area contributed by atoms with Crippen LogP contribution in [-0.4, -0.2) is 36.9 Å². The van der Waals surface area contributed by atoms with Gasteiger partial charge in [-0.25, -0.2) is 13.7 Å². The minimum atomic E-state index is -0.430. The van der Waals surface area contributed by atoms with E-state index in [1.165, 1.54) is 56.4 Å². The largest absolute Gasteiger partial charge is 0.379 e. The highest BCUT2D eigenvalue weighted by Gasteiger charge is 2.56. The first-order chi connectivity index (χ1) is 15.6. The molecule has 0 bridgehead atoms. The fourth-order valence-corrected chi connectivity index (χ4v) is 4.61. The number of benzene rings is 2. The van der Waals surface area contributed by atoms with Crippen LogP contribution in [0.2, 0.25) is 0 Å². The van der Waals surface area contributed by atoms with Gasteiger partial charge in [-0.1, -0.05) is 63.3 Å². The molecule has 2 heterocycles. The van der Waals surface area contributed by atoms with Gasteiger partial charge in [0.1, 0.15) is 24.1 Å². The van der Waals surface area contributed by atoms with Gasteiger partial charge in [0.2, 0.25) is 0 Å². The second-order valence-electron chi connectivity index (χ2n) is 8.88. The van der Waals surface area contributed by atoms with Crippen LogP contribution in [0.5, 0.6) is 0 Å². The summed E-state index contributed by atoms with van der Waals surface area (Å²) in [7, 11) is 0. The van der Waals surface area contributed by atoms with Gasteiger partial charge in [-0.15, -0.1) is 0 Å². The molecule has 2 saturated heterocycles. The van der Waals surface area contributed by atoms with Crippen LogP contribution >= 0.6 is 0 Å². The molecule has 0 amide bonds. The van der Waals surface area contributed by atoms with Gasteiger partial charge >= 0.3 is 0 Å². The molecule has 2 aromatic carbocycles. The number of nitrogens with zero attached hydrogens (tertiary/aromatic N) is 1. The van der Waals surface area contributed by atoms with Crippen LogP contribution in [0, 0.1) is 11.6 Å². The van der Waals surface area contributed by atoms with Gasteiger partial charge in [-0.05, 0) is 41.8 Å². The molecule has 174 valence electrons. The Morgan fingerprint density at radius 2 is 1.31 bits per heavy atom. The van der Waals surface area contributed by atoms with E-state index in [1.54, 1.807) is 24.3 Å². The van der Waals surface area contributed by atoms with Crippen LogP contribution in [-0.2, 0) is 14.2 Å². The Bertz CT molecular complexity index is 786. The third-order valence-corrected chi connectivity index (χ3v) is 6.40. The van der Waals surface area contributed by atoms with Crippen LogP contribution in [0.3, 0.4) is 0 Å². The van der Waals surface area contributed by atoms with Gasteiger partial charge < -0.3 is 14.2 Å². The zero-order valence-corrected chi connectivity index (χ0v) is 18.8. The molecule has 0 radical (unpaired) electrons. The topological polar surface area (TPSA) is 30.9 Å². The van der Waals surface area contributed by atoms with Crippen LogP contribution in [0.4, 0.5) is 8.78 Å². The van der Waals surface area contributed by atoms with Crippen molar-refractivity contribution < 1.29 is 23.0 Å². The number of ether oxygens (including phenoxy) is 3. The van der Waals surface area contributed by atoms with Crippen molar-refractivity contribution in [2.45, 2.75) is 63.4 Å². The van der Waals surface area contributed by atoms with E-state index in [4.69, 9.17) is 14.2 Å². The lowest BCUT2D eigenvalue weighted by atomic mass is 10.0. The number of hydrogen-bond acceptors (Lipinski definition) is 4. The second kappa shape index (κ2) is 10.8. The molecule has 0 aliphatic carbocycles. The maximum atomic E-state index is 13.5. The van der Waals surface area contributed by atoms with E-state index >= 15 is 0 Å². The van der Waals surface area contributed by atoms with Crippen molar-refractivity contribution in [3.8, 4) is 0 Å². The predicted octanol–water partition coefficient (Wildman–Crippen LogP) is 6.14. The zero-order valence-electron chi connectivity index (χ0n) is 18.8. The molecular weight excluding hydrogens is 412 g/mol. The van der Waals surface area contributed by atoms with Crippen molar-refractivity contribution in [3.63, 3.8) is 0 Å². The molecule has 32 heavy (non-hydrogen) atoms. The SMILES string of the molecule is CCCCCCCCOCC12CO[C@H](c3ccc(F)cc3)N1[C@H](c1ccc(F)cc1)OC2. The number of hydrogen-bond donors (Lipinski definition) is 0. The summed E-state index contributed by atoms with van der Waals surface area (Å²) >= 11 is 0. The zero-order chi connectivity index (χ0) is 22.4. The molecular formula is C26H33F2NO3. The summed E-state index contributed by atoms with van der Waals surface area (Å²) in [5.41, 5.74) is 1.30. The standard InChI is InChI=1S/C26H33F2NO3/c1-2-3-4-5-6-7-16-30-17-26-18-31-24(20-8-12-22(27)13-9-20)29(26)25(32-19-26)21-10-14-23(28)15-11-21/h8-15,24-25H,2-7,16-19H2,1H3/t24-,25+,26?. The normalized spacial score (nSPS) is 25.3. The van der Waals surface area contributed by atoms with E-state index in [2.05, 4.69) is 11.8 Å². The number of halogens is 2. The molecule has 2 aliphatic heterocycles. The lowest BCUT2D eigenvalue weighted by molar-refractivity contribution is -0.0642. The summed E-state index contributed by atoms with van der Waals surface area (Å²) in [6, 6.07) is 12.7. The second-order valence-corrected chi connectivity index (χ2v) is 8.88. The van der Waals surface area contributed by atoms with E-state index in [0.717, 1.165) is 17.5 Å². The molecule has 4 nitrogen and oxygen atoms in total. The summed E-state index contributed by atoms with van der Waals surface area (Å²) in [5, 5.41) is 0. The molecule has 0 spiro atoms. The van der Waals surface area contributed by atoms with Crippen molar-refractivity contribution in [2.75, 3.05) is 26.4 Å². The molecule has 0 aromatic heterocycles. The Labute approximate surface area is 189 Å². The summed E-state index contributed by atoms with van der Waals surface area (Å²) in [6.07, 6.45) is 6.54. The Morgan fingerprint density at radius 3 is 1.84 bits per heavy atom. The molecule has 2 aromatic rings. The fraction of sp³-hybridized carbons (Fsp3) is 0.538. The van der Waals surface area contributed by atoms with Crippen LogP contribution in [0.15, 0.2) is 48.5 Å². The van der Waals surface area contributed by atoms with E-state index in [-0.39, 0.29) is 24.1 Å². The summed E-state index contributed by atoms with van der Waals surface area (Å²) in [4.78, 5) is 2.18. The quantitative estimate of drug-likeness (QED) is 0.389. The lowest BCUT2D eigenvalue weighted by Crippen LogP contribution is -2.48. The van der Waals surface area contributed by atoms with Gasteiger partial charge in [0.25, 0.3) is 0 Å². The maximum Gasteiger partial charge on any atom is 0.139 e. The van der Waals surface area contributed by atoms with Gasteiger partial charge in [-0.3, -0.25) is 0 Å². The third kappa shape index (κ3) is 5.20. The Morgan fingerprint density at radius 1 is 0.812 bits per heavy atom. The molecule has 2 aliphatic rings. The average molecular weight is 446 g/mol. The minimum Gasteiger partial charge on any atom is -0.379 e. The highest BCUT2D eigenvalue weighted by atomic mass is 19.1. The average Bonchev–Trinajstić information content (AvgIpc) is 3.34. The molecule has 2 fully saturated rings.